The van der Waals surface area contributed by atoms with E-state index in [1.165, 1.54) is 11.1 Å². The zero-order valence-electron chi connectivity index (χ0n) is 10.6. The van der Waals surface area contributed by atoms with Gasteiger partial charge in [-0.15, -0.1) is 0 Å². The van der Waals surface area contributed by atoms with Crippen LogP contribution in [0.25, 0.3) is 0 Å². The molecule has 0 saturated heterocycles. The molecule has 1 unspecified atom stereocenters. The van der Waals surface area contributed by atoms with Crippen molar-refractivity contribution in [3.63, 3.8) is 0 Å². The van der Waals surface area contributed by atoms with Gasteiger partial charge in [0.25, 0.3) is 0 Å². The Kier molecular flexibility index (Phi) is 2.85. The van der Waals surface area contributed by atoms with Crippen LogP contribution in [0.5, 0.6) is 0 Å². The van der Waals surface area contributed by atoms with Gasteiger partial charge in [0, 0.05) is 12.5 Å². The number of hydrogen-bond donors (Lipinski definition) is 2. The number of fused-ring (bicyclic) bond motifs is 1. The van der Waals surface area contributed by atoms with Crippen molar-refractivity contribution in [2.24, 2.45) is 0 Å². The minimum Gasteiger partial charge on any atom is -0.396 e. The summed E-state index contributed by atoms with van der Waals surface area (Å²) < 4.78 is 0. The molecule has 1 aliphatic rings. The van der Waals surface area contributed by atoms with Gasteiger partial charge in [0.2, 0.25) is 0 Å². The van der Waals surface area contributed by atoms with Crippen LogP contribution in [0.2, 0.25) is 0 Å². The number of anilines is 2. The molecule has 19 heavy (non-hydrogen) atoms. The highest BCUT2D eigenvalue weighted by atomic mass is 14.9. The maximum Gasteiger partial charge on any atom is 0.101 e. The number of nitrogen functional groups attached to an aromatic ring is 1. The van der Waals surface area contributed by atoms with Gasteiger partial charge in [0.05, 0.1) is 16.9 Å². The van der Waals surface area contributed by atoms with Crippen LogP contribution in [0, 0.1) is 11.3 Å². The molecular weight excluding hydrogens is 234 g/mol. The second-order valence-electron chi connectivity index (χ2n) is 4.86. The van der Waals surface area contributed by atoms with Crippen molar-refractivity contribution in [3.05, 3.63) is 59.2 Å². The molecule has 0 aliphatic heterocycles. The van der Waals surface area contributed by atoms with Gasteiger partial charge in [-0.05, 0) is 29.7 Å². The Morgan fingerprint density at radius 1 is 1.21 bits per heavy atom. The number of nitrogens with zero attached hydrogens (tertiary/aromatic N) is 1. The number of nitrogens with one attached hydrogen (secondary N) is 1. The predicted molar refractivity (Wildman–Crippen MR) is 76.9 cm³/mol. The van der Waals surface area contributed by atoms with E-state index in [1.807, 2.05) is 12.1 Å². The molecule has 0 aromatic heterocycles. The molecule has 3 rings (SSSR count). The molecule has 0 amide bonds. The normalized spacial score (nSPS) is 16.1. The average Bonchev–Trinajstić information content (AvgIpc) is 2.41. The molecule has 1 atom stereocenters. The first kappa shape index (κ1) is 11.6. The van der Waals surface area contributed by atoms with Crippen molar-refractivity contribution in [2.45, 2.75) is 12.3 Å². The molecule has 0 heterocycles. The molecule has 0 fully saturated rings. The molecule has 0 radical (unpaired) electrons. The fraction of sp³-hybridized carbons (Fsp3) is 0.188. The van der Waals surface area contributed by atoms with Crippen molar-refractivity contribution in [1.29, 1.82) is 5.26 Å². The number of hydrogen-bond acceptors (Lipinski definition) is 3. The van der Waals surface area contributed by atoms with Gasteiger partial charge >= 0.3 is 0 Å². The first-order valence-corrected chi connectivity index (χ1v) is 6.40. The fourth-order valence-electron chi connectivity index (χ4n) is 2.59. The third kappa shape index (κ3) is 2.02. The molecule has 2 aromatic rings. The van der Waals surface area contributed by atoms with E-state index in [9.17, 15) is 0 Å². The molecular formula is C16H15N3. The third-order valence-corrected chi connectivity index (χ3v) is 3.73. The summed E-state index contributed by atoms with van der Waals surface area (Å²) in [6.45, 7) is 0.857. The summed E-state index contributed by atoms with van der Waals surface area (Å²) in [7, 11) is 0. The summed E-state index contributed by atoms with van der Waals surface area (Å²) in [5.41, 5.74) is 10.7. The summed E-state index contributed by atoms with van der Waals surface area (Å²) >= 11 is 0. The molecule has 0 saturated carbocycles. The number of para-hydroxylation sites is 1. The highest BCUT2D eigenvalue weighted by Crippen LogP contribution is 2.35. The van der Waals surface area contributed by atoms with E-state index >= 15 is 0 Å². The Hall–Kier alpha value is -2.47. The number of nitriles is 1. The quantitative estimate of drug-likeness (QED) is 0.822. The van der Waals surface area contributed by atoms with Crippen LogP contribution in [0.4, 0.5) is 11.4 Å². The van der Waals surface area contributed by atoms with Crippen molar-refractivity contribution >= 4 is 11.4 Å². The SMILES string of the molecule is N#Cc1cccc(NCC2Cc3ccccc32)c1N. The molecule has 3 heteroatoms. The van der Waals surface area contributed by atoms with Gasteiger partial charge in [-0.25, -0.2) is 0 Å². The van der Waals surface area contributed by atoms with E-state index in [0.717, 1.165) is 18.7 Å². The van der Waals surface area contributed by atoms with Crippen LogP contribution in [0.15, 0.2) is 42.5 Å². The van der Waals surface area contributed by atoms with Crippen molar-refractivity contribution < 1.29 is 0 Å². The van der Waals surface area contributed by atoms with E-state index < -0.39 is 0 Å². The molecule has 94 valence electrons. The lowest BCUT2D eigenvalue weighted by molar-refractivity contribution is 0.636. The summed E-state index contributed by atoms with van der Waals surface area (Å²) in [5.74, 6) is 0.543. The van der Waals surface area contributed by atoms with E-state index in [-0.39, 0.29) is 0 Å². The van der Waals surface area contributed by atoms with Gasteiger partial charge in [-0.2, -0.15) is 5.26 Å². The fourth-order valence-corrected chi connectivity index (χ4v) is 2.59. The molecule has 3 nitrogen and oxygen atoms in total. The first-order chi connectivity index (χ1) is 9.29. The smallest absolute Gasteiger partial charge is 0.101 e. The van der Waals surface area contributed by atoms with Crippen LogP contribution in [0.3, 0.4) is 0 Å². The zero-order valence-corrected chi connectivity index (χ0v) is 10.6. The largest absolute Gasteiger partial charge is 0.396 e. The summed E-state index contributed by atoms with van der Waals surface area (Å²) in [6, 6.07) is 16.1. The van der Waals surface area contributed by atoms with E-state index in [4.69, 9.17) is 11.0 Å². The Labute approximate surface area is 112 Å². The van der Waals surface area contributed by atoms with Gasteiger partial charge < -0.3 is 11.1 Å². The molecule has 3 N–H and O–H groups in total. The van der Waals surface area contributed by atoms with Gasteiger partial charge in [0.1, 0.15) is 6.07 Å². The zero-order chi connectivity index (χ0) is 13.2. The Morgan fingerprint density at radius 3 is 2.84 bits per heavy atom. The lowest BCUT2D eigenvalue weighted by Gasteiger charge is -2.30. The minimum absolute atomic E-state index is 0.527. The van der Waals surface area contributed by atoms with Gasteiger partial charge in [-0.3, -0.25) is 0 Å². The minimum atomic E-state index is 0.527. The highest BCUT2D eigenvalue weighted by molar-refractivity contribution is 5.72. The standard InChI is InChI=1S/C16H15N3/c17-9-12-5-3-7-15(16(12)18)19-10-13-8-11-4-1-2-6-14(11)13/h1-7,13,19H,8,10,18H2. The molecule has 2 aromatic carbocycles. The van der Waals surface area contributed by atoms with Crippen LogP contribution in [-0.4, -0.2) is 6.54 Å². The highest BCUT2D eigenvalue weighted by Gasteiger charge is 2.25. The number of benzene rings is 2. The van der Waals surface area contributed by atoms with Crippen LogP contribution >= 0.6 is 0 Å². The maximum absolute atomic E-state index is 8.95. The Morgan fingerprint density at radius 2 is 2.05 bits per heavy atom. The second-order valence-corrected chi connectivity index (χ2v) is 4.86. The second kappa shape index (κ2) is 4.66. The van der Waals surface area contributed by atoms with E-state index in [2.05, 4.69) is 35.7 Å². The Bertz CT molecular complexity index is 655. The average molecular weight is 249 g/mol. The first-order valence-electron chi connectivity index (χ1n) is 6.40. The summed E-state index contributed by atoms with van der Waals surface area (Å²) in [4.78, 5) is 0. The van der Waals surface area contributed by atoms with Crippen LogP contribution in [-0.2, 0) is 6.42 Å². The molecule has 0 spiro atoms. The van der Waals surface area contributed by atoms with Crippen molar-refractivity contribution in [1.82, 2.24) is 0 Å². The number of nitrogens with two attached hydrogens (primary N) is 1. The van der Waals surface area contributed by atoms with E-state index in [0.29, 0.717) is 17.2 Å². The summed E-state index contributed by atoms with van der Waals surface area (Å²) in [6.07, 6.45) is 1.11. The molecule has 0 bridgehead atoms. The maximum atomic E-state index is 8.95. The topological polar surface area (TPSA) is 61.8 Å². The lowest BCUT2D eigenvalue weighted by Crippen LogP contribution is -2.24. The van der Waals surface area contributed by atoms with Crippen LogP contribution in [0.1, 0.15) is 22.6 Å². The van der Waals surface area contributed by atoms with E-state index in [1.54, 1.807) is 6.07 Å². The van der Waals surface area contributed by atoms with Gasteiger partial charge in [0.15, 0.2) is 0 Å². The predicted octanol–water partition coefficient (Wildman–Crippen LogP) is 2.89. The number of rotatable bonds is 3. The van der Waals surface area contributed by atoms with Gasteiger partial charge in [-0.1, -0.05) is 30.3 Å². The summed E-state index contributed by atoms with van der Waals surface area (Å²) in [5, 5.41) is 12.3. The Balaban J connectivity index is 1.71. The molecule has 1 aliphatic carbocycles. The van der Waals surface area contributed by atoms with Crippen molar-refractivity contribution in [2.75, 3.05) is 17.6 Å². The third-order valence-electron chi connectivity index (χ3n) is 3.73. The van der Waals surface area contributed by atoms with Crippen LogP contribution < -0.4 is 11.1 Å². The lowest BCUT2D eigenvalue weighted by atomic mass is 9.77. The monoisotopic (exact) mass is 249 g/mol. The van der Waals surface area contributed by atoms with Crippen molar-refractivity contribution in [3.8, 4) is 6.07 Å².